The van der Waals surface area contributed by atoms with Crippen LogP contribution in [0.15, 0.2) is 79.3 Å². The first-order chi connectivity index (χ1) is 14.6. The monoisotopic (exact) mass is 437 g/mol. The zero-order valence-electron chi connectivity index (χ0n) is 17.0. The van der Waals surface area contributed by atoms with Gasteiger partial charge in [0.25, 0.3) is 0 Å². The molecule has 0 aliphatic rings. The summed E-state index contributed by atoms with van der Waals surface area (Å²) < 4.78 is 26.6. The van der Waals surface area contributed by atoms with Crippen molar-refractivity contribution in [3.05, 3.63) is 114 Å². The standard InChI is InChI=1S/C25H21F2N3.ClH/c1-17(18-2-6-21(26)7-3-18)12-23-13-20(19-4-8-22(27)9-5-19)14-24(30-23)15-25-16-28-10-11-29-25;/h2-11,13-14,16-17H,12,15H2,1H3;1H/t17-;/m1./s1. The van der Waals surface area contributed by atoms with Crippen LogP contribution < -0.4 is 0 Å². The summed E-state index contributed by atoms with van der Waals surface area (Å²) in [4.78, 5) is 13.3. The summed E-state index contributed by atoms with van der Waals surface area (Å²) in [6.07, 6.45) is 6.29. The van der Waals surface area contributed by atoms with Gasteiger partial charge in [0, 0.05) is 36.4 Å². The lowest BCUT2D eigenvalue weighted by Crippen LogP contribution is -2.04. The van der Waals surface area contributed by atoms with Crippen molar-refractivity contribution >= 4 is 12.4 Å². The average molecular weight is 438 g/mol. The highest BCUT2D eigenvalue weighted by Gasteiger charge is 2.12. The molecule has 0 spiro atoms. The van der Waals surface area contributed by atoms with Gasteiger partial charge in [0.2, 0.25) is 0 Å². The Balaban J connectivity index is 0.00000272. The van der Waals surface area contributed by atoms with Gasteiger partial charge in [-0.15, -0.1) is 12.4 Å². The maximum absolute atomic E-state index is 13.4. The lowest BCUT2D eigenvalue weighted by molar-refractivity contribution is 0.625. The first-order valence-corrected chi connectivity index (χ1v) is 9.83. The van der Waals surface area contributed by atoms with E-state index in [1.807, 2.05) is 24.3 Å². The molecule has 31 heavy (non-hydrogen) atoms. The van der Waals surface area contributed by atoms with Crippen LogP contribution in [0.4, 0.5) is 8.78 Å². The maximum atomic E-state index is 13.4. The summed E-state index contributed by atoms with van der Waals surface area (Å²) in [5, 5.41) is 0. The van der Waals surface area contributed by atoms with Crippen LogP contribution in [0.25, 0.3) is 11.1 Å². The van der Waals surface area contributed by atoms with E-state index in [4.69, 9.17) is 4.98 Å². The topological polar surface area (TPSA) is 38.7 Å². The second kappa shape index (κ2) is 10.2. The van der Waals surface area contributed by atoms with Crippen LogP contribution in [0.1, 0.15) is 35.5 Å². The van der Waals surface area contributed by atoms with Gasteiger partial charge >= 0.3 is 0 Å². The van der Waals surface area contributed by atoms with E-state index in [0.29, 0.717) is 12.8 Å². The van der Waals surface area contributed by atoms with E-state index in [0.717, 1.165) is 33.8 Å². The van der Waals surface area contributed by atoms with Crippen molar-refractivity contribution in [2.75, 3.05) is 0 Å². The molecule has 4 aromatic rings. The Kier molecular flexibility index (Phi) is 7.42. The molecule has 0 saturated heterocycles. The molecule has 0 amide bonds. The van der Waals surface area contributed by atoms with E-state index in [1.165, 1.54) is 24.3 Å². The van der Waals surface area contributed by atoms with Gasteiger partial charge in [0.1, 0.15) is 11.6 Å². The molecular formula is C25H22ClF2N3. The Hall–Kier alpha value is -3.18. The van der Waals surface area contributed by atoms with Crippen molar-refractivity contribution in [2.24, 2.45) is 0 Å². The summed E-state index contributed by atoms with van der Waals surface area (Å²) >= 11 is 0. The van der Waals surface area contributed by atoms with Gasteiger partial charge in [-0.1, -0.05) is 31.2 Å². The van der Waals surface area contributed by atoms with Crippen molar-refractivity contribution in [1.29, 1.82) is 0 Å². The first kappa shape index (κ1) is 22.5. The number of hydrogen-bond donors (Lipinski definition) is 0. The zero-order valence-corrected chi connectivity index (χ0v) is 17.8. The minimum absolute atomic E-state index is 0. The van der Waals surface area contributed by atoms with Gasteiger partial charge in [0.15, 0.2) is 0 Å². The van der Waals surface area contributed by atoms with Gasteiger partial charge < -0.3 is 0 Å². The van der Waals surface area contributed by atoms with E-state index in [1.54, 1.807) is 30.7 Å². The third-order valence-electron chi connectivity index (χ3n) is 5.04. The molecule has 4 rings (SSSR count). The maximum Gasteiger partial charge on any atom is 0.123 e. The molecule has 0 aliphatic carbocycles. The summed E-state index contributed by atoms with van der Waals surface area (Å²) in [5.74, 6) is -0.336. The molecule has 1 atom stereocenters. The highest BCUT2D eigenvalue weighted by atomic mass is 35.5. The highest BCUT2D eigenvalue weighted by Crippen LogP contribution is 2.26. The Labute approximate surface area is 186 Å². The predicted octanol–water partition coefficient (Wildman–Crippen LogP) is 6.18. The smallest absolute Gasteiger partial charge is 0.123 e. The van der Waals surface area contributed by atoms with E-state index < -0.39 is 0 Å². The molecule has 2 aromatic carbocycles. The Morgan fingerprint density at radius 1 is 0.774 bits per heavy atom. The fraction of sp³-hybridized carbons (Fsp3) is 0.160. The molecular weight excluding hydrogens is 416 g/mol. The number of pyridine rings is 1. The van der Waals surface area contributed by atoms with Gasteiger partial charge in [0.05, 0.1) is 5.69 Å². The van der Waals surface area contributed by atoms with Crippen LogP contribution in [0.3, 0.4) is 0 Å². The molecule has 3 nitrogen and oxygen atoms in total. The van der Waals surface area contributed by atoms with Crippen LogP contribution in [-0.2, 0) is 12.8 Å². The summed E-state index contributed by atoms with van der Waals surface area (Å²) in [6.45, 7) is 2.10. The summed E-state index contributed by atoms with van der Waals surface area (Å²) in [7, 11) is 0. The molecule has 0 N–H and O–H groups in total. The fourth-order valence-corrected chi connectivity index (χ4v) is 3.48. The molecule has 0 bridgehead atoms. The van der Waals surface area contributed by atoms with Gasteiger partial charge in [-0.3, -0.25) is 15.0 Å². The SMILES string of the molecule is C[C@H](Cc1cc(-c2ccc(F)cc2)cc(Cc2cnccn2)n1)c1ccc(F)cc1.Cl. The Bertz CT molecular complexity index is 1120. The average Bonchev–Trinajstić information content (AvgIpc) is 2.75. The van der Waals surface area contributed by atoms with Crippen molar-refractivity contribution in [2.45, 2.75) is 25.7 Å². The summed E-state index contributed by atoms with van der Waals surface area (Å²) in [5.41, 5.74) is 5.59. The van der Waals surface area contributed by atoms with Crippen molar-refractivity contribution in [3.63, 3.8) is 0 Å². The van der Waals surface area contributed by atoms with Gasteiger partial charge in [-0.25, -0.2) is 8.78 Å². The minimum Gasteiger partial charge on any atom is -0.261 e. The summed E-state index contributed by atoms with van der Waals surface area (Å²) in [6, 6.07) is 17.1. The molecule has 2 heterocycles. The lowest BCUT2D eigenvalue weighted by Gasteiger charge is -2.14. The second-order valence-corrected chi connectivity index (χ2v) is 7.38. The van der Waals surface area contributed by atoms with Gasteiger partial charge in [-0.05, 0) is 65.4 Å². The molecule has 2 aromatic heterocycles. The normalized spacial score (nSPS) is 11.6. The number of benzene rings is 2. The van der Waals surface area contributed by atoms with Crippen LogP contribution >= 0.6 is 12.4 Å². The zero-order chi connectivity index (χ0) is 20.9. The first-order valence-electron chi connectivity index (χ1n) is 9.83. The quantitative estimate of drug-likeness (QED) is 0.361. The van der Waals surface area contributed by atoms with E-state index in [2.05, 4.69) is 16.9 Å². The highest BCUT2D eigenvalue weighted by molar-refractivity contribution is 5.85. The fourth-order valence-electron chi connectivity index (χ4n) is 3.48. The van der Waals surface area contributed by atoms with Crippen LogP contribution in [-0.4, -0.2) is 15.0 Å². The largest absolute Gasteiger partial charge is 0.261 e. The molecule has 0 saturated carbocycles. The minimum atomic E-state index is -0.266. The Morgan fingerprint density at radius 2 is 1.42 bits per heavy atom. The van der Waals surface area contributed by atoms with Crippen LogP contribution in [0.5, 0.6) is 0 Å². The lowest BCUT2D eigenvalue weighted by atomic mass is 9.94. The number of aromatic nitrogens is 3. The molecule has 0 radical (unpaired) electrons. The number of halogens is 3. The number of hydrogen-bond acceptors (Lipinski definition) is 3. The molecule has 0 unspecified atom stereocenters. The number of nitrogens with zero attached hydrogens (tertiary/aromatic N) is 3. The third-order valence-corrected chi connectivity index (χ3v) is 5.04. The second-order valence-electron chi connectivity index (χ2n) is 7.38. The van der Waals surface area contributed by atoms with Crippen LogP contribution in [0, 0.1) is 11.6 Å². The van der Waals surface area contributed by atoms with E-state index in [-0.39, 0.29) is 30.0 Å². The van der Waals surface area contributed by atoms with E-state index >= 15 is 0 Å². The van der Waals surface area contributed by atoms with E-state index in [9.17, 15) is 8.78 Å². The predicted molar refractivity (Wildman–Crippen MR) is 120 cm³/mol. The van der Waals surface area contributed by atoms with Crippen molar-refractivity contribution < 1.29 is 8.78 Å². The number of rotatable bonds is 6. The molecule has 158 valence electrons. The van der Waals surface area contributed by atoms with Crippen molar-refractivity contribution in [3.8, 4) is 11.1 Å². The van der Waals surface area contributed by atoms with Crippen molar-refractivity contribution in [1.82, 2.24) is 15.0 Å². The van der Waals surface area contributed by atoms with Gasteiger partial charge in [-0.2, -0.15) is 0 Å². The molecule has 6 heteroatoms. The molecule has 0 aliphatic heterocycles. The molecule has 0 fully saturated rings. The third kappa shape index (κ3) is 5.92. The Morgan fingerprint density at radius 3 is 2.06 bits per heavy atom. The van der Waals surface area contributed by atoms with Crippen LogP contribution in [0.2, 0.25) is 0 Å².